The third kappa shape index (κ3) is 3.91. The van der Waals surface area contributed by atoms with Crippen LogP contribution >= 0.6 is 0 Å². The van der Waals surface area contributed by atoms with E-state index in [9.17, 15) is 9.90 Å². The van der Waals surface area contributed by atoms with Crippen LogP contribution in [0.3, 0.4) is 0 Å². The number of carbonyl (C=O) groups excluding carboxylic acids is 1. The van der Waals surface area contributed by atoms with Crippen molar-refractivity contribution in [3.63, 3.8) is 0 Å². The maximum Gasteiger partial charge on any atom is 0.317 e. The van der Waals surface area contributed by atoms with Crippen LogP contribution in [-0.4, -0.2) is 41.8 Å². The zero-order valence-corrected chi connectivity index (χ0v) is 13.7. The number of hydrogen-bond acceptors (Lipinski definition) is 2. The normalized spacial score (nSPS) is 29.2. The standard InChI is InChI=1S/C17H32N2O2/c1-3-14-7-5-6-8-15(14)18-16(21)19-11-9-17(4-2,13-20)10-12-19/h14-15,20H,3-13H2,1-2H3,(H,18,21). The van der Waals surface area contributed by atoms with Crippen LogP contribution in [0.4, 0.5) is 4.79 Å². The molecule has 0 aromatic carbocycles. The molecule has 0 radical (unpaired) electrons. The van der Waals surface area contributed by atoms with Crippen molar-refractivity contribution >= 4 is 6.03 Å². The molecule has 0 aromatic heterocycles. The zero-order valence-electron chi connectivity index (χ0n) is 13.7. The third-order valence-electron chi connectivity index (χ3n) is 5.94. The molecular formula is C17H32N2O2. The molecule has 2 rings (SSSR count). The Labute approximate surface area is 129 Å². The number of aliphatic hydroxyl groups excluding tert-OH is 1. The molecule has 21 heavy (non-hydrogen) atoms. The minimum atomic E-state index is 0.0492. The van der Waals surface area contributed by atoms with Crippen molar-refractivity contribution in [1.82, 2.24) is 10.2 Å². The fourth-order valence-electron chi connectivity index (χ4n) is 3.94. The van der Waals surface area contributed by atoms with Crippen molar-refractivity contribution in [3.05, 3.63) is 0 Å². The van der Waals surface area contributed by atoms with Crippen LogP contribution in [0.5, 0.6) is 0 Å². The minimum absolute atomic E-state index is 0.0492. The van der Waals surface area contributed by atoms with Gasteiger partial charge in [-0.25, -0.2) is 4.79 Å². The van der Waals surface area contributed by atoms with Crippen LogP contribution in [0.2, 0.25) is 0 Å². The van der Waals surface area contributed by atoms with Crippen LogP contribution < -0.4 is 5.32 Å². The van der Waals surface area contributed by atoms with Gasteiger partial charge in [0, 0.05) is 25.7 Å². The van der Waals surface area contributed by atoms with Gasteiger partial charge in [0.1, 0.15) is 0 Å². The molecule has 0 spiro atoms. The predicted octanol–water partition coefficient (Wildman–Crippen LogP) is 3.15. The average molecular weight is 296 g/mol. The Morgan fingerprint density at radius 2 is 1.90 bits per heavy atom. The predicted molar refractivity (Wildman–Crippen MR) is 85.2 cm³/mol. The van der Waals surface area contributed by atoms with Gasteiger partial charge in [0.15, 0.2) is 0 Å². The van der Waals surface area contributed by atoms with Crippen LogP contribution in [-0.2, 0) is 0 Å². The molecule has 2 fully saturated rings. The van der Waals surface area contributed by atoms with Crippen LogP contribution in [0.1, 0.15) is 65.2 Å². The molecule has 2 aliphatic rings. The van der Waals surface area contributed by atoms with Crippen LogP contribution in [0.25, 0.3) is 0 Å². The molecule has 1 heterocycles. The zero-order chi connectivity index (χ0) is 15.3. The summed E-state index contributed by atoms with van der Waals surface area (Å²) in [5.41, 5.74) is 0.0492. The van der Waals surface area contributed by atoms with Gasteiger partial charge in [-0.15, -0.1) is 0 Å². The average Bonchev–Trinajstić information content (AvgIpc) is 2.55. The van der Waals surface area contributed by atoms with E-state index in [0.29, 0.717) is 12.0 Å². The minimum Gasteiger partial charge on any atom is -0.396 e. The van der Waals surface area contributed by atoms with E-state index in [1.54, 1.807) is 0 Å². The van der Waals surface area contributed by atoms with E-state index in [1.807, 2.05) is 4.90 Å². The number of piperidine rings is 1. The van der Waals surface area contributed by atoms with Gasteiger partial charge in [0.05, 0.1) is 0 Å². The molecule has 4 heteroatoms. The number of carbonyl (C=O) groups is 1. The van der Waals surface area contributed by atoms with E-state index in [-0.39, 0.29) is 18.1 Å². The maximum absolute atomic E-state index is 12.5. The molecule has 1 aliphatic carbocycles. The Morgan fingerprint density at radius 1 is 1.24 bits per heavy atom. The lowest BCUT2D eigenvalue weighted by Gasteiger charge is -2.41. The Hall–Kier alpha value is -0.770. The first-order valence-corrected chi connectivity index (χ1v) is 8.80. The first-order valence-electron chi connectivity index (χ1n) is 8.80. The lowest BCUT2D eigenvalue weighted by molar-refractivity contribution is 0.0506. The summed E-state index contributed by atoms with van der Waals surface area (Å²) in [5.74, 6) is 0.652. The van der Waals surface area contributed by atoms with Crippen molar-refractivity contribution < 1.29 is 9.90 Å². The van der Waals surface area contributed by atoms with Gasteiger partial charge in [0.2, 0.25) is 0 Å². The lowest BCUT2D eigenvalue weighted by Crippen LogP contribution is -2.52. The molecule has 1 saturated carbocycles. The summed E-state index contributed by atoms with van der Waals surface area (Å²) < 4.78 is 0. The fourth-order valence-corrected chi connectivity index (χ4v) is 3.94. The number of nitrogens with zero attached hydrogens (tertiary/aromatic N) is 1. The van der Waals surface area contributed by atoms with Crippen LogP contribution in [0, 0.1) is 11.3 Å². The summed E-state index contributed by atoms with van der Waals surface area (Å²) >= 11 is 0. The molecule has 4 nitrogen and oxygen atoms in total. The number of amides is 2. The first kappa shape index (κ1) is 16.6. The SMILES string of the molecule is CCC1CCCCC1NC(=O)N1CCC(CC)(CO)CC1. The van der Waals surface area contributed by atoms with Crippen molar-refractivity contribution in [2.75, 3.05) is 19.7 Å². The molecule has 1 saturated heterocycles. The Kier molecular flexibility index (Phi) is 5.91. The fraction of sp³-hybridized carbons (Fsp3) is 0.941. The van der Waals surface area contributed by atoms with Gasteiger partial charge in [-0.05, 0) is 43.4 Å². The van der Waals surface area contributed by atoms with Gasteiger partial charge in [-0.3, -0.25) is 0 Å². The summed E-state index contributed by atoms with van der Waals surface area (Å²) in [4.78, 5) is 14.4. The highest BCUT2D eigenvalue weighted by Gasteiger charge is 2.35. The van der Waals surface area contributed by atoms with Crippen molar-refractivity contribution in [3.8, 4) is 0 Å². The molecule has 0 bridgehead atoms. The summed E-state index contributed by atoms with van der Waals surface area (Å²) in [6, 6.07) is 0.481. The number of nitrogens with one attached hydrogen (secondary N) is 1. The molecule has 2 atom stereocenters. The molecular weight excluding hydrogens is 264 g/mol. The largest absolute Gasteiger partial charge is 0.396 e. The van der Waals surface area contributed by atoms with E-state index < -0.39 is 0 Å². The van der Waals surface area contributed by atoms with Gasteiger partial charge in [-0.1, -0.05) is 33.1 Å². The monoisotopic (exact) mass is 296 g/mol. The van der Waals surface area contributed by atoms with Gasteiger partial charge in [0.25, 0.3) is 0 Å². The Balaban J connectivity index is 1.84. The van der Waals surface area contributed by atoms with E-state index in [2.05, 4.69) is 19.2 Å². The summed E-state index contributed by atoms with van der Waals surface area (Å²) in [7, 11) is 0. The van der Waals surface area contributed by atoms with E-state index >= 15 is 0 Å². The van der Waals surface area contributed by atoms with Crippen LogP contribution in [0.15, 0.2) is 0 Å². The van der Waals surface area contributed by atoms with Crippen molar-refractivity contribution in [1.29, 1.82) is 0 Å². The number of rotatable bonds is 4. The molecule has 2 N–H and O–H groups in total. The number of urea groups is 1. The van der Waals surface area contributed by atoms with Crippen molar-refractivity contribution in [2.45, 2.75) is 71.3 Å². The molecule has 2 amide bonds. The van der Waals surface area contributed by atoms with Gasteiger partial charge < -0.3 is 15.3 Å². The maximum atomic E-state index is 12.5. The smallest absolute Gasteiger partial charge is 0.317 e. The van der Waals surface area contributed by atoms with E-state index in [1.165, 1.54) is 19.3 Å². The third-order valence-corrected chi connectivity index (χ3v) is 5.94. The first-order chi connectivity index (χ1) is 10.1. The quantitative estimate of drug-likeness (QED) is 0.837. The highest BCUT2D eigenvalue weighted by Crippen LogP contribution is 2.34. The van der Waals surface area contributed by atoms with E-state index in [0.717, 1.165) is 45.2 Å². The number of hydrogen-bond donors (Lipinski definition) is 2. The Bertz CT molecular complexity index is 332. The number of aliphatic hydroxyl groups is 1. The van der Waals surface area contributed by atoms with Crippen molar-refractivity contribution in [2.24, 2.45) is 11.3 Å². The second-order valence-electron chi connectivity index (χ2n) is 7.01. The highest BCUT2D eigenvalue weighted by molar-refractivity contribution is 5.74. The second kappa shape index (κ2) is 7.48. The van der Waals surface area contributed by atoms with Gasteiger partial charge in [-0.2, -0.15) is 0 Å². The van der Waals surface area contributed by atoms with Gasteiger partial charge >= 0.3 is 6.03 Å². The Morgan fingerprint density at radius 3 is 2.48 bits per heavy atom. The highest BCUT2D eigenvalue weighted by atomic mass is 16.3. The molecule has 1 aliphatic heterocycles. The number of likely N-dealkylation sites (tertiary alicyclic amines) is 1. The topological polar surface area (TPSA) is 52.6 Å². The molecule has 2 unspecified atom stereocenters. The molecule has 0 aromatic rings. The second-order valence-corrected chi connectivity index (χ2v) is 7.01. The van der Waals surface area contributed by atoms with E-state index in [4.69, 9.17) is 0 Å². The summed E-state index contributed by atoms with van der Waals surface area (Å²) in [6.45, 7) is 6.18. The lowest BCUT2D eigenvalue weighted by atomic mass is 9.77. The summed E-state index contributed by atoms with van der Waals surface area (Å²) in [6.07, 6.45) is 8.95. The summed E-state index contributed by atoms with van der Waals surface area (Å²) in [5, 5.41) is 12.9. The molecule has 122 valence electrons.